The summed E-state index contributed by atoms with van der Waals surface area (Å²) in [6.07, 6.45) is 10.8. The molecular weight excluding hydrogens is 214 g/mol. The van der Waals surface area contributed by atoms with E-state index in [9.17, 15) is 4.79 Å². The maximum absolute atomic E-state index is 11.9. The summed E-state index contributed by atoms with van der Waals surface area (Å²) in [4.78, 5) is 11.9. The van der Waals surface area contributed by atoms with Gasteiger partial charge in [-0.25, -0.2) is 0 Å². The third-order valence-electron chi connectivity index (χ3n) is 3.80. The molecule has 1 aromatic heterocycles. The lowest BCUT2D eigenvalue weighted by Crippen LogP contribution is -2.13. The van der Waals surface area contributed by atoms with Crippen molar-refractivity contribution in [1.29, 1.82) is 0 Å². The van der Waals surface area contributed by atoms with Crippen LogP contribution in [0, 0.1) is 0 Å². The van der Waals surface area contributed by atoms with Crippen LogP contribution in [0.15, 0.2) is 12.4 Å². The molecule has 3 heteroatoms. The minimum absolute atomic E-state index is 0.323. The number of aromatic nitrogens is 1. The molecule has 1 atom stereocenters. The van der Waals surface area contributed by atoms with Gasteiger partial charge in [0.05, 0.1) is 6.10 Å². The molecule has 2 aliphatic rings. The zero-order valence-corrected chi connectivity index (χ0v) is 10.2. The SMILES string of the molecule is O=C1CCCCc2cn(CC3CCCO3)cc21. The number of carbonyl (C=O) groups is 1. The molecule has 1 aromatic rings. The summed E-state index contributed by atoms with van der Waals surface area (Å²) < 4.78 is 7.79. The molecule has 0 N–H and O–H groups in total. The van der Waals surface area contributed by atoms with Crippen LogP contribution in [0.25, 0.3) is 0 Å². The zero-order valence-electron chi connectivity index (χ0n) is 10.2. The van der Waals surface area contributed by atoms with Gasteiger partial charge >= 0.3 is 0 Å². The van der Waals surface area contributed by atoms with E-state index in [1.807, 2.05) is 6.20 Å². The minimum Gasteiger partial charge on any atom is -0.376 e. The third-order valence-corrected chi connectivity index (χ3v) is 3.80. The summed E-state index contributed by atoms with van der Waals surface area (Å²) in [6.45, 7) is 1.80. The van der Waals surface area contributed by atoms with E-state index >= 15 is 0 Å². The van der Waals surface area contributed by atoms with Crippen molar-refractivity contribution in [3.8, 4) is 0 Å². The lowest BCUT2D eigenvalue weighted by atomic mass is 10.1. The Balaban J connectivity index is 1.78. The topological polar surface area (TPSA) is 31.2 Å². The van der Waals surface area contributed by atoms with Gasteiger partial charge in [-0.1, -0.05) is 0 Å². The van der Waals surface area contributed by atoms with Crippen molar-refractivity contribution in [3.05, 3.63) is 23.5 Å². The number of carbonyl (C=O) groups excluding carboxylic acids is 1. The molecule has 2 heterocycles. The summed E-state index contributed by atoms with van der Waals surface area (Å²) in [5, 5.41) is 0. The lowest BCUT2D eigenvalue weighted by molar-refractivity contribution is 0.0959. The van der Waals surface area contributed by atoms with E-state index < -0.39 is 0 Å². The Morgan fingerprint density at radius 2 is 2.12 bits per heavy atom. The number of rotatable bonds is 2. The Hall–Kier alpha value is -1.09. The van der Waals surface area contributed by atoms with E-state index in [1.165, 1.54) is 12.0 Å². The predicted molar refractivity (Wildman–Crippen MR) is 65.3 cm³/mol. The fraction of sp³-hybridized carbons (Fsp3) is 0.643. The number of fused-ring (bicyclic) bond motifs is 1. The van der Waals surface area contributed by atoms with Crippen LogP contribution >= 0.6 is 0 Å². The first-order valence-corrected chi connectivity index (χ1v) is 6.66. The number of hydrogen-bond acceptors (Lipinski definition) is 2. The number of Topliss-reactive ketones (excluding diaryl/α,β-unsaturated/α-hetero) is 1. The van der Waals surface area contributed by atoms with Crippen molar-refractivity contribution >= 4 is 5.78 Å². The molecule has 1 aliphatic carbocycles. The van der Waals surface area contributed by atoms with E-state index in [-0.39, 0.29) is 0 Å². The number of aryl methyl sites for hydroxylation is 1. The number of ketones is 1. The molecule has 17 heavy (non-hydrogen) atoms. The first-order valence-electron chi connectivity index (χ1n) is 6.66. The summed E-state index contributed by atoms with van der Waals surface area (Å²) in [7, 11) is 0. The van der Waals surface area contributed by atoms with E-state index in [4.69, 9.17) is 4.74 Å². The summed E-state index contributed by atoms with van der Waals surface area (Å²) in [6, 6.07) is 0. The maximum Gasteiger partial charge on any atom is 0.164 e. The molecule has 1 aliphatic heterocycles. The Morgan fingerprint density at radius 3 is 2.94 bits per heavy atom. The maximum atomic E-state index is 11.9. The van der Waals surface area contributed by atoms with E-state index in [0.29, 0.717) is 11.9 Å². The summed E-state index contributed by atoms with van der Waals surface area (Å²) in [5.74, 6) is 0.323. The third kappa shape index (κ3) is 2.29. The predicted octanol–water partition coefficient (Wildman–Crippen LogP) is 2.58. The largest absolute Gasteiger partial charge is 0.376 e. The second kappa shape index (κ2) is 4.65. The van der Waals surface area contributed by atoms with Gasteiger partial charge in [0.1, 0.15) is 0 Å². The highest BCUT2D eigenvalue weighted by atomic mass is 16.5. The molecule has 0 radical (unpaired) electrons. The van der Waals surface area contributed by atoms with Crippen LogP contribution in [0.3, 0.4) is 0 Å². The molecule has 0 aromatic carbocycles. The van der Waals surface area contributed by atoms with Crippen LogP contribution in [0.4, 0.5) is 0 Å². The molecule has 3 rings (SSSR count). The van der Waals surface area contributed by atoms with Crippen LogP contribution in [0.5, 0.6) is 0 Å². The molecule has 0 amide bonds. The van der Waals surface area contributed by atoms with Gasteiger partial charge in [0.2, 0.25) is 0 Å². The van der Waals surface area contributed by atoms with Gasteiger partial charge in [0, 0.05) is 37.5 Å². The molecule has 1 saturated heterocycles. The molecule has 1 unspecified atom stereocenters. The van der Waals surface area contributed by atoms with Gasteiger partial charge in [-0.05, 0) is 37.7 Å². The van der Waals surface area contributed by atoms with Crippen LogP contribution in [-0.2, 0) is 17.7 Å². The average molecular weight is 233 g/mol. The van der Waals surface area contributed by atoms with E-state index in [0.717, 1.165) is 50.8 Å². The molecule has 1 fully saturated rings. The van der Waals surface area contributed by atoms with Gasteiger partial charge in [0.25, 0.3) is 0 Å². The van der Waals surface area contributed by atoms with Crippen LogP contribution < -0.4 is 0 Å². The first kappa shape index (κ1) is 11.0. The van der Waals surface area contributed by atoms with Gasteiger partial charge < -0.3 is 9.30 Å². The van der Waals surface area contributed by atoms with Crippen molar-refractivity contribution in [3.63, 3.8) is 0 Å². The quantitative estimate of drug-likeness (QED) is 0.735. The molecular formula is C14H19NO2. The van der Waals surface area contributed by atoms with Crippen LogP contribution in [-0.4, -0.2) is 23.1 Å². The lowest BCUT2D eigenvalue weighted by Gasteiger charge is -2.09. The van der Waals surface area contributed by atoms with Crippen LogP contribution in [0.2, 0.25) is 0 Å². The minimum atomic E-state index is 0.323. The van der Waals surface area contributed by atoms with Crippen molar-refractivity contribution in [1.82, 2.24) is 4.57 Å². The van der Waals surface area contributed by atoms with Gasteiger partial charge in [-0.15, -0.1) is 0 Å². The average Bonchev–Trinajstić information content (AvgIpc) is 2.92. The van der Waals surface area contributed by atoms with Crippen molar-refractivity contribution in [2.45, 2.75) is 51.2 Å². The Labute approximate surface area is 102 Å². The van der Waals surface area contributed by atoms with Crippen molar-refractivity contribution in [2.24, 2.45) is 0 Å². The molecule has 0 spiro atoms. The normalized spacial score (nSPS) is 24.7. The second-order valence-electron chi connectivity index (χ2n) is 5.16. The second-order valence-corrected chi connectivity index (χ2v) is 5.16. The molecule has 3 nitrogen and oxygen atoms in total. The van der Waals surface area contributed by atoms with Crippen LogP contribution in [0.1, 0.15) is 48.0 Å². The Morgan fingerprint density at radius 1 is 1.24 bits per heavy atom. The van der Waals surface area contributed by atoms with Gasteiger partial charge in [-0.2, -0.15) is 0 Å². The molecule has 0 saturated carbocycles. The van der Waals surface area contributed by atoms with Gasteiger partial charge in [-0.3, -0.25) is 4.79 Å². The molecule has 0 bridgehead atoms. The monoisotopic (exact) mass is 233 g/mol. The Bertz CT molecular complexity index is 416. The fourth-order valence-corrected chi connectivity index (χ4v) is 2.87. The molecule has 92 valence electrons. The van der Waals surface area contributed by atoms with Crippen molar-refractivity contribution in [2.75, 3.05) is 6.61 Å². The van der Waals surface area contributed by atoms with E-state index in [1.54, 1.807) is 0 Å². The number of ether oxygens (including phenoxy) is 1. The summed E-state index contributed by atoms with van der Waals surface area (Å²) in [5.41, 5.74) is 2.20. The first-order chi connectivity index (χ1) is 8.33. The smallest absolute Gasteiger partial charge is 0.164 e. The number of hydrogen-bond donors (Lipinski definition) is 0. The van der Waals surface area contributed by atoms with Crippen molar-refractivity contribution < 1.29 is 9.53 Å². The van der Waals surface area contributed by atoms with Gasteiger partial charge in [0.15, 0.2) is 5.78 Å². The fourth-order valence-electron chi connectivity index (χ4n) is 2.87. The standard InChI is InChI=1S/C14H19NO2/c16-14-6-2-1-4-11-8-15(10-13(11)14)9-12-5-3-7-17-12/h8,10,12H,1-7,9H2. The number of nitrogens with zero attached hydrogens (tertiary/aromatic N) is 1. The highest BCUT2D eigenvalue weighted by molar-refractivity contribution is 5.97. The Kier molecular flexibility index (Phi) is 3.02. The zero-order chi connectivity index (χ0) is 11.7. The van der Waals surface area contributed by atoms with E-state index in [2.05, 4.69) is 10.8 Å². The summed E-state index contributed by atoms with van der Waals surface area (Å²) >= 11 is 0. The highest BCUT2D eigenvalue weighted by Gasteiger charge is 2.20. The highest BCUT2D eigenvalue weighted by Crippen LogP contribution is 2.23.